The highest BCUT2D eigenvalue weighted by atomic mass is 16.3. The molecule has 1 aromatic heterocycles. The molecular formula is C64H43NO. The van der Waals surface area contributed by atoms with Gasteiger partial charge < -0.3 is 9.32 Å². The number of furan rings is 1. The molecule has 0 N–H and O–H groups in total. The number of anilines is 3. The molecule has 0 saturated heterocycles. The SMILES string of the molecule is c1ccc(-c2ccccc2-c2ccc(N(c3ccc(-c4cccc(-c5oc6ccccc6c5-c5ccccc5)c4)cc3)c3ccc(-c4ccc5c(ccc6ccccc65)c4)cc3)cc2)cc1. The summed E-state index contributed by atoms with van der Waals surface area (Å²) in [4.78, 5) is 2.35. The van der Waals surface area contributed by atoms with E-state index in [4.69, 9.17) is 4.42 Å². The second-order valence-electron chi connectivity index (χ2n) is 16.9. The molecule has 0 aliphatic heterocycles. The first-order chi connectivity index (χ1) is 32.7. The quantitative estimate of drug-likeness (QED) is 0.135. The van der Waals surface area contributed by atoms with Crippen LogP contribution in [0, 0.1) is 0 Å². The molecule has 0 amide bonds. The van der Waals surface area contributed by atoms with E-state index in [1.165, 1.54) is 54.9 Å². The van der Waals surface area contributed by atoms with Crippen molar-refractivity contribution in [2.75, 3.05) is 4.90 Å². The van der Waals surface area contributed by atoms with Crippen LogP contribution in [-0.2, 0) is 0 Å². The highest BCUT2D eigenvalue weighted by molar-refractivity contribution is 6.08. The van der Waals surface area contributed by atoms with Crippen LogP contribution < -0.4 is 4.90 Å². The lowest BCUT2D eigenvalue weighted by molar-refractivity contribution is 0.632. The van der Waals surface area contributed by atoms with E-state index in [2.05, 4.69) is 260 Å². The lowest BCUT2D eigenvalue weighted by Gasteiger charge is -2.26. The number of rotatable bonds is 9. The maximum Gasteiger partial charge on any atom is 0.143 e. The Labute approximate surface area is 384 Å². The second-order valence-corrected chi connectivity index (χ2v) is 16.9. The molecule has 0 spiro atoms. The Balaban J connectivity index is 0.911. The first kappa shape index (κ1) is 38.9. The molecule has 0 fully saturated rings. The second kappa shape index (κ2) is 16.8. The average molecular weight is 842 g/mol. The normalized spacial score (nSPS) is 11.3. The summed E-state index contributed by atoms with van der Waals surface area (Å²) in [6.07, 6.45) is 0. The van der Waals surface area contributed by atoms with Gasteiger partial charge in [-0.05, 0) is 126 Å². The topological polar surface area (TPSA) is 16.4 Å². The first-order valence-electron chi connectivity index (χ1n) is 22.6. The summed E-state index contributed by atoms with van der Waals surface area (Å²) < 4.78 is 6.61. The predicted octanol–water partition coefficient (Wildman–Crippen LogP) is 18.2. The largest absolute Gasteiger partial charge is 0.455 e. The third kappa shape index (κ3) is 7.21. The Morgan fingerprint density at radius 3 is 1.38 bits per heavy atom. The van der Waals surface area contributed by atoms with Crippen LogP contribution in [0.4, 0.5) is 17.1 Å². The van der Waals surface area contributed by atoms with Gasteiger partial charge in [-0.2, -0.15) is 0 Å². The van der Waals surface area contributed by atoms with Crippen molar-refractivity contribution in [2.45, 2.75) is 0 Å². The molecule has 0 atom stereocenters. The van der Waals surface area contributed by atoms with Gasteiger partial charge in [-0.3, -0.25) is 0 Å². The summed E-state index contributed by atoms with van der Waals surface area (Å²) in [5.74, 6) is 0.877. The number of benzene rings is 11. The van der Waals surface area contributed by atoms with Gasteiger partial charge in [0.2, 0.25) is 0 Å². The Hall–Kier alpha value is -8.72. The Kier molecular flexibility index (Phi) is 9.89. The Morgan fingerprint density at radius 1 is 0.258 bits per heavy atom. The number of nitrogens with zero attached hydrogens (tertiary/aromatic N) is 1. The summed E-state index contributed by atoms with van der Waals surface area (Å²) in [6, 6.07) is 93.6. The van der Waals surface area contributed by atoms with Crippen LogP contribution in [0.25, 0.3) is 99.5 Å². The standard InChI is InChI=1S/C64H43NO/c1-3-14-46(15-4-1)57-22-9-10-23-59(57)48-32-39-56(40-33-48)65(55-37-30-45(31-38-55)51-34-41-60-52(42-51)27-26-47-16-7-8-21-58(47)60)54-35-28-44(29-36-54)50-19-13-20-53(43-50)64-63(49-17-5-2-6-18-49)61-24-11-12-25-62(61)66-64/h1-43H. The number of hydrogen-bond acceptors (Lipinski definition) is 2. The molecule has 66 heavy (non-hydrogen) atoms. The minimum absolute atomic E-state index is 0.877. The van der Waals surface area contributed by atoms with E-state index in [-0.39, 0.29) is 0 Å². The highest BCUT2D eigenvalue weighted by Crippen LogP contribution is 2.43. The van der Waals surface area contributed by atoms with Crippen molar-refractivity contribution in [1.82, 2.24) is 0 Å². The summed E-state index contributed by atoms with van der Waals surface area (Å²) in [5, 5.41) is 6.17. The van der Waals surface area contributed by atoms with E-state index < -0.39 is 0 Å². The van der Waals surface area contributed by atoms with Crippen molar-refractivity contribution in [3.8, 4) is 67.0 Å². The molecule has 0 bridgehead atoms. The van der Waals surface area contributed by atoms with Crippen LogP contribution in [0.1, 0.15) is 0 Å². The maximum atomic E-state index is 6.61. The summed E-state index contributed by atoms with van der Waals surface area (Å²) in [5.41, 5.74) is 16.8. The van der Waals surface area contributed by atoms with E-state index in [0.29, 0.717) is 0 Å². The minimum atomic E-state index is 0.877. The molecule has 310 valence electrons. The number of para-hydroxylation sites is 1. The monoisotopic (exact) mass is 841 g/mol. The van der Waals surface area contributed by atoms with Gasteiger partial charge >= 0.3 is 0 Å². The van der Waals surface area contributed by atoms with Crippen molar-refractivity contribution in [1.29, 1.82) is 0 Å². The Bertz CT molecular complexity index is 3660. The smallest absolute Gasteiger partial charge is 0.143 e. The Morgan fingerprint density at radius 2 is 0.712 bits per heavy atom. The fraction of sp³-hybridized carbons (Fsp3) is 0. The molecule has 0 saturated carbocycles. The lowest BCUT2D eigenvalue weighted by Crippen LogP contribution is -2.09. The molecule has 12 rings (SSSR count). The van der Waals surface area contributed by atoms with Gasteiger partial charge in [0.15, 0.2) is 0 Å². The van der Waals surface area contributed by atoms with E-state index in [1.54, 1.807) is 0 Å². The zero-order valence-corrected chi connectivity index (χ0v) is 36.2. The summed E-state index contributed by atoms with van der Waals surface area (Å²) in [7, 11) is 0. The van der Waals surface area contributed by atoms with Gasteiger partial charge in [-0.1, -0.05) is 206 Å². The molecule has 0 aliphatic rings. The molecule has 12 aromatic rings. The highest BCUT2D eigenvalue weighted by Gasteiger charge is 2.19. The molecule has 0 aliphatic carbocycles. The van der Waals surface area contributed by atoms with Crippen molar-refractivity contribution in [3.63, 3.8) is 0 Å². The minimum Gasteiger partial charge on any atom is -0.455 e. The molecule has 0 unspecified atom stereocenters. The van der Waals surface area contributed by atoms with Gasteiger partial charge in [-0.15, -0.1) is 0 Å². The molecule has 1 heterocycles. The fourth-order valence-corrected chi connectivity index (χ4v) is 9.62. The van der Waals surface area contributed by atoms with E-state index in [9.17, 15) is 0 Å². The van der Waals surface area contributed by atoms with E-state index >= 15 is 0 Å². The van der Waals surface area contributed by atoms with Gasteiger partial charge in [0.1, 0.15) is 11.3 Å². The van der Waals surface area contributed by atoms with Crippen LogP contribution in [0.15, 0.2) is 265 Å². The van der Waals surface area contributed by atoms with Gasteiger partial charge in [0.05, 0.1) is 0 Å². The van der Waals surface area contributed by atoms with Gasteiger partial charge in [0.25, 0.3) is 0 Å². The lowest BCUT2D eigenvalue weighted by atomic mass is 9.94. The fourth-order valence-electron chi connectivity index (χ4n) is 9.62. The maximum absolute atomic E-state index is 6.61. The molecule has 11 aromatic carbocycles. The van der Waals surface area contributed by atoms with Crippen LogP contribution in [-0.4, -0.2) is 0 Å². The van der Waals surface area contributed by atoms with Crippen LogP contribution >= 0.6 is 0 Å². The molecule has 2 nitrogen and oxygen atoms in total. The van der Waals surface area contributed by atoms with E-state index in [1.807, 2.05) is 6.07 Å². The van der Waals surface area contributed by atoms with Crippen LogP contribution in [0.3, 0.4) is 0 Å². The van der Waals surface area contributed by atoms with Gasteiger partial charge in [0, 0.05) is 33.6 Å². The molecule has 2 heteroatoms. The summed E-state index contributed by atoms with van der Waals surface area (Å²) >= 11 is 0. The number of fused-ring (bicyclic) bond motifs is 4. The molecule has 0 radical (unpaired) electrons. The van der Waals surface area contributed by atoms with Crippen molar-refractivity contribution in [3.05, 3.63) is 261 Å². The first-order valence-corrected chi connectivity index (χ1v) is 22.6. The third-order valence-electron chi connectivity index (χ3n) is 12.9. The van der Waals surface area contributed by atoms with Crippen molar-refractivity contribution >= 4 is 49.6 Å². The molecular weight excluding hydrogens is 799 g/mol. The summed E-state index contributed by atoms with van der Waals surface area (Å²) in [6.45, 7) is 0. The van der Waals surface area contributed by atoms with Crippen LogP contribution in [0.2, 0.25) is 0 Å². The van der Waals surface area contributed by atoms with Crippen molar-refractivity contribution < 1.29 is 4.42 Å². The zero-order chi connectivity index (χ0) is 43.8. The van der Waals surface area contributed by atoms with E-state index in [0.717, 1.165) is 61.6 Å². The number of hydrogen-bond donors (Lipinski definition) is 0. The van der Waals surface area contributed by atoms with Crippen molar-refractivity contribution in [2.24, 2.45) is 0 Å². The zero-order valence-electron chi connectivity index (χ0n) is 36.2. The average Bonchev–Trinajstić information content (AvgIpc) is 3.80. The third-order valence-corrected chi connectivity index (χ3v) is 12.9. The van der Waals surface area contributed by atoms with Gasteiger partial charge in [-0.25, -0.2) is 0 Å². The predicted molar refractivity (Wildman–Crippen MR) is 279 cm³/mol. The van der Waals surface area contributed by atoms with Crippen LogP contribution in [0.5, 0.6) is 0 Å².